The normalized spacial score (nSPS) is 16.7. The van der Waals surface area contributed by atoms with Crippen molar-refractivity contribution in [3.63, 3.8) is 0 Å². The van der Waals surface area contributed by atoms with Crippen LogP contribution in [0.15, 0.2) is 67.0 Å². The highest BCUT2D eigenvalue weighted by atomic mass is 16.2. The molecule has 1 aliphatic heterocycles. The largest absolute Gasteiger partial charge is 0.340 e. The van der Waals surface area contributed by atoms with Crippen LogP contribution in [0.2, 0.25) is 0 Å². The van der Waals surface area contributed by atoms with E-state index in [0.29, 0.717) is 12.1 Å². The highest BCUT2D eigenvalue weighted by Gasteiger charge is 2.32. The summed E-state index contributed by atoms with van der Waals surface area (Å²) in [5.74, 6) is 0.941. The van der Waals surface area contributed by atoms with Gasteiger partial charge in [0.25, 0.3) is 5.91 Å². The zero-order valence-electron chi connectivity index (χ0n) is 15.5. The average molecular weight is 371 g/mol. The van der Waals surface area contributed by atoms with Crippen LogP contribution in [0.3, 0.4) is 0 Å². The number of para-hydroxylation sites is 2. The Kier molecular flexibility index (Phi) is 4.16. The van der Waals surface area contributed by atoms with Crippen LogP contribution in [-0.2, 0) is 6.54 Å². The number of amides is 1. The molecule has 140 valence electrons. The fourth-order valence-corrected chi connectivity index (χ4v) is 3.92. The summed E-state index contributed by atoms with van der Waals surface area (Å²) in [5, 5.41) is 4.22. The molecule has 1 atom stereocenters. The van der Waals surface area contributed by atoms with E-state index in [0.717, 1.165) is 41.8 Å². The molecule has 3 heterocycles. The molecule has 0 spiro atoms. The van der Waals surface area contributed by atoms with Crippen LogP contribution in [0, 0.1) is 0 Å². The minimum atomic E-state index is 0.00338. The van der Waals surface area contributed by atoms with E-state index in [-0.39, 0.29) is 11.9 Å². The summed E-state index contributed by atoms with van der Waals surface area (Å²) in [4.78, 5) is 23.2. The number of carbonyl (C=O) groups is 1. The predicted octanol–water partition coefficient (Wildman–Crippen LogP) is 3.79. The molecule has 28 heavy (non-hydrogen) atoms. The van der Waals surface area contributed by atoms with Gasteiger partial charge in [-0.25, -0.2) is 4.98 Å². The molecule has 0 aliphatic carbocycles. The molecule has 2 aromatic carbocycles. The lowest BCUT2D eigenvalue weighted by atomic mass is 10.1. The number of benzene rings is 2. The van der Waals surface area contributed by atoms with Gasteiger partial charge < -0.3 is 9.88 Å². The van der Waals surface area contributed by atoms with E-state index < -0.39 is 0 Å². The number of nitrogens with one attached hydrogen (secondary N) is 1. The molecule has 4 aromatic rings. The molecule has 1 fully saturated rings. The number of hydrogen-bond acceptors (Lipinski definition) is 3. The van der Waals surface area contributed by atoms with Gasteiger partial charge in [0.2, 0.25) is 0 Å². The second-order valence-electron chi connectivity index (χ2n) is 7.20. The number of H-pyrrole nitrogens is 1. The number of rotatable bonds is 4. The van der Waals surface area contributed by atoms with Gasteiger partial charge in [-0.1, -0.05) is 24.3 Å². The van der Waals surface area contributed by atoms with E-state index in [4.69, 9.17) is 4.98 Å². The third-order valence-corrected chi connectivity index (χ3v) is 5.34. The monoisotopic (exact) mass is 371 g/mol. The number of carbonyl (C=O) groups excluding carboxylic acids is 1. The molecule has 1 aliphatic rings. The fraction of sp³-hybridized carbons (Fsp3) is 0.227. The predicted molar refractivity (Wildman–Crippen MR) is 107 cm³/mol. The fourth-order valence-electron chi connectivity index (χ4n) is 3.92. The van der Waals surface area contributed by atoms with Crippen molar-refractivity contribution in [2.75, 3.05) is 6.54 Å². The maximum atomic E-state index is 13.1. The van der Waals surface area contributed by atoms with Crippen LogP contribution in [0.4, 0.5) is 0 Å². The highest BCUT2D eigenvalue weighted by molar-refractivity contribution is 5.94. The Morgan fingerprint density at radius 3 is 2.75 bits per heavy atom. The Hall–Kier alpha value is -3.41. The molecular weight excluding hydrogens is 350 g/mol. The highest BCUT2D eigenvalue weighted by Crippen LogP contribution is 2.32. The second kappa shape index (κ2) is 6.96. The van der Waals surface area contributed by atoms with E-state index in [2.05, 4.69) is 10.1 Å². The van der Waals surface area contributed by atoms with Crippen molar-refractivity contribution in [3.05, 3.63) is 83.9 Å². The molecule has 5 rings (SSSR count). The van der Waals surface area contributed by atoms with Gasteiger partial charge in [-0.2, -0.15) is 5.10 Å². The maximum Gasteiger partial charge on any atom is 0.254 e. The summed E-state index contributed by atoms with van der Waals surface area (Å²) >= 11 is 0. The Balaban J connectivity index is 1.36. The van der Waals surface area contributed by atoms with Gasteiger partial charge >= 0.3 is 0 Å². The van der Waals surface area contributed by atoms with Crippen molar-refractivity contribution in [2.45, 2.75) is 25.4 Å². The van der Waals surface area contributed by atoms with Crippen molar-refractivity contribution in [2.24, 2.45) is 0 Å². The van der Waals surface area contributed by atoms with Gasteiger partial charge in [0, 0.05) is 24.5 Å². The third kappa shape index (κ3) is 3.07. The van der Waals surface area contributed by atoms with Crippen molar-refractivity contribution in [1.29, 1.82) is 0 Å². The van der Waals surface area contributed by atoms with Crippen molar-refractivity contribution in [1.82, 2.24) is 24.6 Å². The summed E-state index contributed by atoms with van der Waals surface area (Å²) in [6, 6.07) is 17.7. The first-order valence-electron chi connectivity index (χ1n) is 9.60. The second-order valence-corrected chi connectivity index (χ2v) is 7.20. The Morgan fingerprint density at radius 1 is 1.11 bits per heavy atom. The first-order chi connectivity index (χ1) is 13.8. The lowest BCUT2D eigenvalue weighted by Gasteiger charge is -2.23. The average Bonchev–Trinajstić information content (AvgIpc) is 3.47. The van der Waals surface area contributed by atoms with Gasteiger partial charge in [0.1, 0.15) is 5.82 Å². The molecule has 2 aromatic heterocycles. The summed E-state index contributed by atoms with van der Waals surface area (Å²) in [6.45, 7) is 1.46. The molecule has 0 saturated carbocycles. The minimum Gasteiger partial charge on any atom is -0.340 e. The summed E-state index contributed by atoms with van der Waals surface area (Å²) in [6.07, 6.45) is 5.62. The standard InChI is InChI=1S/C22H21N5O/c28-22(17-10-8-16(9-11-17)15-26-13-4-12-23-26)27-14-3-7-20(27)21-24-18-5-1-2-6-19(18)25-21/h1-2,4-6,8-13,20H,3,7,14-15H2,(H,24,25)/t20-/m0/s1. The molecule has 0 unspecified atom stereocenters. The van der Waals surface area contributed by atoms with Gasteiger partial charge in [-0.15, -0.1) is 0 Å². The first-order valence-corrected chi connectivity index (χ1v) is 9.60. The van der Waals surface area contributed by atoms with Gasteiger partial charge in [-0.05, 0) is 48.7 Å². The van der Waals surface area contributed by atoms with Crippen LogP contribution in [0.25, 0.3) is 11.0 Å². The van der Waals surface area contributed by atoms with Crippen LogP contribution >= 0.6 is 0 Å². The van der Waals surface area contributed by atoms with Crippen LogP contribution in [0.5, 0.6) is 0 Å². The van der Waals surface area contributed by atoms with E-state index in [1.807, 2.05) is 70.4 Å². The minimum absolute atomic E-state index is 0.00338. The summed E-state index contributed by atoms with van der Waals surface area (Å²) in [7, 11) is 0. The Bertz CT molecular complexity index is 1060. The van der Waals surface area contributed by atoms with Crippen LogP contribution in [0.1, 0.15) is 40.6 Å². The molecular formula is C22H21N5O. The van der Waals surface area contributed by atoms with Crippen molar-refractivity contribution in [3.8, 4) is 0 Å². The van der Waals surface area contributed by atoms with Gasteiger partial charge in [-0.3, -0.25) is 9.48 Å². The molecule has 0 radical (unpaired) electrons. The molecule has 0 bridgehead atoms. The SMILES string of the molecule is O=C(c1ccc(Cn2cccn2)cc1)N1CCC[C@H]1c1nc2ccccc2[nH]1. The topological polar surface area (TPSA) is 66.8 Å². The lowest BCUT2D eigenvalue weighted by Crippen LogP contribution is -2.31. The van der Waals surface area contributed by atoms with Gasteiger partial charge in [0.05, 0.1) is 23.6 Å². The van der Waals surface area contributed by atoms with E-state index in [1.54, 1.807) is 6.20 Å². The van der Waals surface area contributed by atoms with E-state index in [1.165, 1.54) is 0 Å². The van der Waals surface area contributed by atoms with E-state index >= 15 is 0 Å². The zero-order chi connectivity index (χ0) is 18.9. The number of imidazole rings is 1. The van der Waals surface area contributed by atoms with Crippen LogP contribution in [-0.4, -0.2) is 37.1 Å². The zero-order valence-corrected chi connectivity index (χ0v) is 15.5. The number of aromatic nitrogens is 4. The molecule has 1 saturated heterocycles. The number of fused-ring (bicyclic) bond motifs is 1. The Morgan fingerprint density at radius 2 is 1.96 bits per heavy atom. The van der Waals surface area contributed by atoms with Crippen LogP contribution < -0.4 is 0 Å². The number of aromatic amines is 1. The lowest BCUT2D eigenvalue weighted by molar-refractivity contribution is 0.0730. The smallest absolute Gasteiger partial charge is 0.254 e. The first kappa shape index (κ1) is 16.7. The Labute approximate surface area is 162 Å². The maximum absolute atomic E-state index is 13.1. The van der Waals surface area contributed by atoms with Crippen molar-refractivity contribution < 1.29 is 4.79 Å². The molecule has 1 N–H and O–H groups in total. The number of nitrogens with zero attached hydrogens (tertiary/aromatic N) is 4. The summed E-state index contributed by atoms with van der Waals surface area (Å²) < 4.78 is 1.87. The molecule has 6 heteroatoms. The summed E-state index contributed by atoms with van der Waals surface area (Å²) in [5.41, 5.74) is 3.79. The van der Waals surface area contributed by atoms with Gasteiger partial charge in [0.15, 0.2) is 0 Å². The number of likely N-dealkylation sites (tertiary alicyclic amines) is 1. The quantitative estimate of drug-likeness (QED) is 0.594. The van der Waals surface area contributed by atoms with Crippen molar-refractivity contribution >= 4 is 16.9 Å². The number of hydrogen-bond donors (Lipinski definition) is 1. The molecule has 1 amide bonds. The molecule has 6 nitrogen and oxygen atoms in total. The third-order valence-electron chi connectivity index (χ3n) is 5.34. The van der Waals surface area contributed by atoms with E-state index in [9.17, 15) is 4.79 Å².